The molecular weight excluding hydrogens is 378 g/mol. The lowest BCUT2D eigenvalue weighted by atomic mass is 9.63. The smallest absolute Gasteiger partial charge is 0.221 e. The zero-order chi connectivity index (χ0) is 19.9. The molecule has 1 aromatic carbocycles. The number of allylic oxidation sites excluding steroid dienone is 2. The summed E-state index contributed by atoms with van der Waals surface area (Å²) >= 11 is 6.34. The molecule has 1 fully saturated rings. The van der Waals surface area contributed by atoms with Gasteiger partial charge in [-0.25, -0.2) is 0 Å². The Morgan fingerprint density at radius 1 is 1.32 bits per heavy atom. The van der Waals surface area contributed by atoms with Crippen molar-refractivity contribution in [2.75, 3.05) is 14.2 Å². The van der Waals surface area contributed by atoms with Gasteiger partial charge < -0.3 is 19.9 Å². The molecule has 0 bridgehead atoms. The fourth-order valence-electron chi connectivity index (χ4n) is 4.95. The van der Waals surface area contributed by atoms with Crippen molar-refractivity contribution in [3.05, 3.63) is 52.3 Å². The monoisotopic (exact) mass is 403 g/mol. The molecule has 1 aliphatic heterocycles. The fraction of sp³-hybridized carbons (Fsp3) is 0.500. The van der Waals surface area contributed by atoms with Crippen LogP contribution in [0.4, 0.5) is 0 Å². The summed E-state index contributed by atoms with van der Waals surface area (Å²) in [5, 5.41) is 0.662. The van der Waals surface area contributed by atoms with Crippen molar-refractivity contribution in [1.82, 2.24) is 0 Å². The predicted molar refractivity (Wildman–Crippen MR) is 107 cm³/mol. The summed E-state index contributed by atoms with van der Waals surface area (Å²) in [6, 6.07) is 5.78. The molecule has 2 aliphatic carbocycles. The zero-order valence-electron chi connectivity index (χ0n) is 16.3. The lowest BCUT2D eigenvalue weighted by Gasteiger charge is -2.53. The van der Waals surface area contributed by atoms with E-state index in [-0.39, 0.29) is 23.8 Å². The van der Waals surface area contributed by atoms with E-state index in [1.807, 2.05) is 30.4 Å². The third kappa shape index (κ3) is 3.11. The van der Waals surface area contributed by atoms with Gasteiger partial charge in [0.25, 0.3) is 0 Å². The molecule has 1 spiro atoms. The van der Waals surface area contributed by atoms with Crippen molar-refractivity contribution in [3.63, 3.8) is 0 Å². The molecule has 0 saturated heterocycles. The van der Waals surface area contributed by atoms with E-state index in [0.717, 1.165) is 48.3 Å². The van der Waals surface area contributed by atoms with Crippen LogP contribution >= 0.6 is 11.6 Å². The summed E-state index contributed by atoms with van der Waals surface area (Å²) in [6.45, 7) is 0. The van der Waals surface area contributed by atoms with Crippen molar-refractivity contribution in [3.8, 4) is 5.75 Å². The molecule has 28 heavy (non-hydrogen) atoms. The third-order valence-corrected chi connectivity index (χ3v) is 6.68. The van der Waals surface area contributed by atoms with Gasteiger partial charge in [0, 0.05) is 36.5 Å². The molecule has 2 atom stereocenters. The summed E-state index contributed by atoms with van der Waals surface area (Å²) in [7, 11) is 3.36. The molecule has 2 N–H and O–H groups in total. The van der Waals surface area contributed by atoms with E-state index in [1.54, 1.807) is 14.2 Å². The van der Waals surface area contributed by atoms with Crippen molar-refractivity contribution in [1.29, 1.82) is 0 Å². The van der Waals surface area contributed by atoms with Gasteiger partial charge in [0.15, 0.2) is 0 Å². The van der Waals surface area contributed by atoms with Gasteiger partial charge >= 0.3 is 0 Å². The molecule has 1 amide bonds. The van der Waals surface area contributed by atoms with Crippen LogP contribution in [0, 0.1) is 0 Å². The summed E-state index contributed by atoms with van der Waals surface area (Å²) in [6.07, 6.45) is 8.60. The van der Waals surface area contributed by atoms with Crippen molar-refractivity contribution < 1.29 is 19.0 Å². The molecular formula is C22H26ClNO4. The van der Waals surface area contributed by atoms with Gasteiger partial charge in [-0.2, -0.15) is 0 Å². The van der Waals surface area contributed by atoms with E-state index in [2.05, 4.69) is 0 Å². The fourth-order valence-corrected chi connectivity index (χ4v) is 5.13. The maximum atomic E-state index is 11.5. The molecule has 3 aliphatic rings. The first-order chi connectivity index (χ1) is 13.4. The number of fused-ring (bicyclic) bond motifs is 1. The minimum atomic E-state index is -0.736. The highest BCUT2D eigenvalue weighted by atomic mass is 35.5. The average Bonchev–Trinajstić information content (AvgIpc) is 2.65. The van der Waals surface area contributed by atoms with Gasteiger partial charge in [-0.05, 0) is 50.0 Å². The zero-order valence-corrected chi connectivity index (χ0v) is 17.1. The van der Waals surface area contributed by atoms with E-state index in [1.165, 1.54) is 0 Å². The number of benzene rings is 1. The number of carbonyl (C=O) groups is 1. The van der Waals surface area contributed by atoms with Crippen LogP contribution in [0.15, 0.2) is 41.7 Å². The van der Waals surface area contributed by atoms with Gasteiger partial charge in [-0.1, -0.05) is 23.3 Å². The number of hydrogen-bond acceptors (Lipinski definition) is 4. The van der Waals surface area contributed by atoms with E-state index in [9.17, 15) is 4.79 Å². The summed E-state index contributed by atoms with van der Waals surface area (Å²) in [5.41, 5.74) is 6.52. The quantitative estimate of drug-likeness (QED) is 0.797. The second-order valence-corrected chi connectivity index (χ2v) is 8.49. The molecule has 150 valence electrons. The van der Waals surface area contributed by atoms with Gasteiger partial charge in [0.1, 0.15) is 22.7 Å². The first kappa shape index (κ1) is 19.3. The van der Waals surface area contributed by atoms with E-state index in [4.69, 9.17) is 31.5 Å². The molecule has 1 saturated carbocycles. The number of primary amides is 1. The van der Waals surface area contributed by atoms with Gasteiger partial charge in [-0.15, -0.1) is 0 Å². The second kappa shape index (κ2) is 7.12. The Kier molecular flexibility index (Phi) is 4.92. The Hall–Kier alpha value is -1.98. The maximum Gasteiger partial charge on any atom is 0.221 e. The number of nitrogens with two attached hydrogens (primary N) is 1. The maximum absolute atomic E-state index is 11.5. The van der Waals surface area contributed by atoms with E-state index >= 15 is 0 Å². The SMILES string of the molecule is COC1=CC=C(CC(N)=O)CC1(OC)C1CC2(CCC2)Oc2ccc(Cl)cc21. The Morgan fingerprint density at radius 3 is 2.71 bits per heavy atom. The van der Waals surface area contributed by atoms with Crippen LogP contribution in [0.1, 0.15) is 50.0 Å². The standard InChI is InChI=1S/C22H26ClNO4/c1-26-19-7-4-14(10-20(24)25)12-22(19,27-2)17-13-21(8-3-9-21)28-18-6-5-15(23)11-16(17)18/h4-7,11,17H,3,8-10,12-13H2,1-2H3,(H2,24,25). The van der Waals surface area contributed by atoms with Crippen LogP contribution in [0.25, 0.3) is 0 Å². The van der Waals surface area contributed by atoms with Crippen LogP contribution in [-0.2, 0) is 14.3 Å². The van der Waals surface area contributed by atoms with Crippen molar-refractivity contribution >= 4 is 17.5 Å². The molecule has 5 nitrogen and oxygen atoms in total. The highest BCUT2D eigenvalue weighted by Crippen LogP contribution is 2.57. The van der Waals surface area contributed by atoms with Crippen LogP contribution in [0.3, 0.4) is 0 Å². The van der Waals surface area contributed by atoms with Crippen LogP contribution < -0.4 is 10.5 Å². The number of rotatable bonds is 5. The highest BCUT2D eigenvalue weighted by molar-refractivity contribution is 6.30. The molecule has 2 unspecified atom stereocenters. The molecule has 0 radical (unpaired) electrons. The summed E-state index contributed by atoms with van der Waals surface area (Å²) in [4.78, 5) is 11.5. The first-order valence-electron chi connectivity index (χ1n) is 9.67. The molecule has 0 aromatic heterocycles. The largest absolute Gasteiger partial charge is 0.498 e. The molecule has 1 heterocycles. The lowest BCUT2D eigenvalue weighted by molar-refractivity contribution is -0.117. The minimum Gasteiger partial charge on any atom is -0.498 e. The molecule has 4 rings (SSSR count). The van der Waals surface area contributed by atoms with Crippen LogP contribution in [0.2, 0.25) is 5.02 Å². The van der Waals surface area contributed by atoms with E-state index in [0.29, 0.717) is 11.4 Å². The van der Waals surface area contributed by atoms with Crippen LogP contribution in [0.5, 0.6) is 5.75 Å². The first-order valence-corrected chi connectivity index (χ1v) is 10.1. The summed E-state index contributed by atoms with van der Waals surface area (Å²) < 4.78 is 18.4. The highest BCUT2D eigenvalue weighted by Gasteiger charge is 2.55. The number of amides is 1. The Labute approximate surface area is 170 Å². The number of halogens is 1. The topological polar surface area (TPSA) is 70.8 Å². The lowest BCUT2D eigenvalue weighted by Crippen LogP contribution is -2.53. The number of carbonyl (C=O) groups excluding carboxylic acids is 1. The van der Waals surface area contributed by atoms with Crippen LogP contribution in [-0.4, -0.2) is 31.3 Å². The Balaban J connectivity index is 1.82. The van der Waals surface area contributed by atoms with Gasteiger partial charge in [0.2, 0.25) is 5.91 Å². The minimum absolute atomic E-state index is 0.0111. The Bertz CT molecular complexity index is 858. The van der Waals surface area contributed by atoms with Crippen molar-refractivity contribution in [2.45, 2.75) is 55.6 Å². The normalized spacial score (nSPS) is 27.8. The van der Waals surface area contributed by atoms with Gasteiger partial charge in [-0.3, -0.25) is 4.79 Å². The average molecular weight is 404 g/mol. The summed E-state index contributed by atoms with van der Waals surface area (Å²) in [5.74, 6) is 1.24. The molecule has 6 heteroatoms. The van der Waals surface area contributed by atoms with Crippen molar-refractivity contribution in [2.24, 2.45) is 5.73 Å². The predicted octanol–water partition coefficient (Wildman–Crippen LogP) is 4.25. The number of hydrogen-bond donors (Lipinski definition) is 1. The van der Waals surface area contributed by atoms with Gasteiger partial charge in [0.05, 0.1) is 7.11 Å². The number of ether oxygens (including phenoxy) is 3. The number of methoxy groups -OCH3 is 2. The van der Waals surface area contributed by atoms with E-state index < -0.39 is 5.60 Å². The third-order valence-electron chi connectivity index (χ3n) is 6.44. The Morgan fingerprint density at radius 2 is 2.11 bits per heavy atom. The second-order valence-electron chi connectivity index (χ2n) is 8.05. The molecule has 1 aromatic rings.